The van der Waals surface area contributed by atoms with Crippen molar-refractivity contribution in [3.63, 3.8) is 0 Å². The SMILES string of the molecule is O=C1NC(=O)C2(CCCCC2)N1CC1CC2CCC1C2. The van der Waals surface area contributed by atoms with Gasteiger partial charge in [-0.2, -0.15) is 0 Å². The fraction of sp³-hybridized carbons (Fsp3) is 0.875. The molecule has 0 aromatic heterocycles. The molecule has 3 atom stereocenters. The number of amides is 3. The number of carbonyl (C=O) groups is 2. The molecule has 4 fully saturated rings. The van der Waals surface area contributed by atoms with E-state index in [1.165, 1.54) is 32.1 Å². The highest BCUT2D eigenvalue weighted by Crippen LogP contribution is 2.49. The molecule has 4 heteroatoms. The number of carbonyl (C=O) groups excluding carboxylic acids is 2. The molecule has 110 valence electrons. The number of nitrogens with zero attached hydrogens (tertiary/aromatic N) is 1. The molecule has 2 bridgehead atoms. The van der Waals surface area contributed by atoms with E-state index >= 15 is 0 Å². The lowest BCUT2D eigenvalue weighted by Crippen LogP contribution is -2.52. The second kappa shape index (κ2) is 4.47. The predicted octanol–water partition coefficient (Wildman–Crippen LogP) is 2.68. The lowest BCUT2D eigenvalue weighted by Gasteiger charge is -2.40. The van der Waals surface area contributed by atoms with Crippen LogP contribution in [0.15, 0.2) is 0 Å². The van der Waals surface area contributed by atoms with Crippen molar-refractivity contribution in [2.24, 2.45) is 17.8 Å². The molecule has 1 saturated heterocycles. The second-order valence-electron chi connectivity index (χ2n) is 7.40. The average Bonchev–Trinajstić information content (AvgIpc) is 3.12. The lowest BCUT2D eigenvalue weighted by atomic mass is 9.79. The molecule has 3 unspecified atom stereocenters. The van der Waals surface area contributed by atoms with Crippen LogP contribution in [0.25, 0.3) is 0 Å². The number of rotatable bonds is 2. The Morgan fingerprint density at radius 2 is 1.90 bits per heavy atom. The molecule has 1 spiro atoms. The zero-order valence-electron chi connectivity index (χ0n) is 12.1. The summed E-state index contributed by atoms with van der Waals surface area (Å²) in [5.74, 6) is 2.33. The fourth-order valence-electron chi connectivity index (χ4n) is 5.32. The van der Waals surface area contributed by atoms with Crippen LogP contribution in [0.5, 0.6) is 0 Å². The number of hydrogen-bond donors (Lipinski definition) is 1. The van der Waals surface area contributed by atoms with Gasteiger partial charge in [-0.1, -0.05) is 25.7 Å². The highest BCUT2D eigenvalue weighted by molar-refractivity contribution is 6.07. The van der Waals surface area contributed by atoms with E-state index in [1.807, 2.05) is 4.90 Å². The van der Waals surface area contributed by atoms with E-state index in [1.54, 1.807) is 0 Å². The maximum absolute atomic E-state index is 12.3. The topological polar surface area (TPSA) is 49.4 Å². The molecule has 0 radical (unpaired) electrons. The van der Waals surface area contributed by atoms with Crippen LogP contribution in [0.1, 0.15) is 57.8 Å². The third kappa shape index (κ3) is 1.73. The van der Waals surface area contributed by atoms with Gasteiger partial charge in [-0.3, -0.25) is 10.1 Å². The first-order chi connectivity index (χ1) is 9.69. The van der Waals surface area contributed by atoms with E-state index < -0.39 is 5.54 Å². The van der Waals surface area contributed by atoms with Crippen molar-refractivity contribution in [3.05, 3.63) is 0 Å². The van der Waals surface area contributed by atoms with Gasteiger partial charge in [-0.05, 0) is 49.9 Å². The van der Waals surface area contributed by atoms with Crippen LogP contribution in [0, 0.1) is 17.8 Å². The summed E-state index contributed by atoms with van der Waals surface area (Å²) in [4.78, 5) is 26.5. The Bertz CT molecular complexity index is 442. The molecule has 0 aromatic rings. The summed E-state index contributed by atoms with van der Waals surface area (Å²) >= 11 is 0. The second-order valence-corrected chi connectivity index (χ2v) is 7.40. The normalized spacial score (nSPS) is 38.8. The zero-order valence-corrected chi connectivity index (χ0v) is 12.1. The van der Waals surface area contributed by atoms with Gasteiger partial charge < -0.3 is 4.90 Å². The Morgan fingerprint density at radius 3 is 2.55 bits per heavy atom. The number of hydrogen-bond acceptors (Lipinski definition) is 2. The van der Waals surface area contributed by atoms with E-state index in [9.17, 15) is 9.59 Å². The maximum atomic E-state index is 12.3. The van der Waals surface area contributed by atoms with Gasteiger partial charge in [-0.25, -0.2) is 4.79 Å². The van der Waals surface area contributed by atoms with Gasteiger partial charge in [0.05, 0.1) is 0 Å². The summed E-state index contributed by atoms with van der Waals surface area (Å²) in [6.07, 6.45) is 10.5. The van der Waals surface area contributed by atoms with Crippen molar-refractivity contribution in [2.45, 2.75) is 63.3 Å². The third-order valence-electron chi connectivity index (χ3n) is 6.39. The monoisotopic (exact) mass is 276 g/mol. The standard InChI is InChI=1S/C16H24N2O2/c19-14-16(6-2-1-3-7-16)18(15(20)17-14)10-13-9-11-4-5-12(13)8-11/h11-13H,1-10H2,(H,17,19,20). The Labute approximate surface area is 120 Å². The number of nitrogens with one attached hydrogen (secondary N) is 1. The molecule has 4 aliphatic rings. The van der Waals surface area contributed by atoms with Crippen LogP contribution in [-0.4, -0.2) is 28.9 Å². The van der Waals surface area contributed by atoms with Gasteiger partial charge in [0, 0.05) is 6.54 Å². The van der Waals surface area contributed by atoms with Crippen molar-refractivity contribution >= 4 is 11.9 Å². The Kier molecular flexibility index (Phi) is 2.83. The van der Waals surface area contributed by atoms with Gasteiger partial charge >= 0.3 is 6.03 Å². The first-order valence-electron chi connectivity index (χ1n) is 8.32. The molecule has 4 rings (SSSR count). The maximum Gasteiger partial charge on any atom is 0.325 e. The van der Waals surface area contributed by atoms with Crippen LogP contribution in [-0.2, 0) is 4.79 Å². The minimum Gasteiger partial charge on any atom is -0.309 e. The largest absolute Gasteiger partial charge is 0.325 e. The molecule has 1 aliphatic heterocycles. The van der Waals surface area contributed by atoms with Crippen LogP contribution < -0.4 is 5.32 Å². The zero-order chi connectivity index (χ0) is 13.7. The summed E-state index contributed by atoms with van der Waals surface area (Å²) in [6.45, 7) is 0.818. The van der Waals surface area contributed by atoms with Crippen LogP contribution in [0.3, 0.4) is 0 Å². The fourth-order valence-corrected chi connectivity index (χ4v) is 5.32. The Hall–Kier alpha value is -1.06. The molecule has 3 amide bonds. The molecule has 1 heterocycles. The van der Waals surface area contributed by atoms with Crippen molar-refractivity contribution in [2.75, 3.05) is 6.54 Å². The van der Waals surface area contributed by atoms with Crippen LogP contribution >= 0.6 is 0 Å². The van der Waals surface area contributed by atoms with Gasteiger partial charge in [-0.15, -0.1) is 0 Å². The Balaban J connectivity index is 1.55. The molecular formula is C16H24N2O2. The first-order valence-corrected chi connectivity index (χ1v) is 8.32. The van der Waals surface area contributed by atoms with Crippen molar-refractivity contribution in [3.8, 4) is 0 Å². The first kappa shape index (κ1) is 12.7. The smallest absolute Gasteiger partial charge is 0.309 e. The van der Waals surface area contributed by atoms with Crippen LogP contribution in [0.2, 0.25) is 0 Å². The highest BCUT2D eigenvalue weighted by Gasteiger charge is 2.54. The number of imide groups is 1. The molecule has 1 N–H and O–H groups in total. The summed E-state index contributed by atoms with van der Waals surface area (Å²) in [7, 11) is 0. The summed E-state index contributed by atoms with van der Waals surface area (Å²) in [5.41, 5.74) is -0.489. The van der Waals surface area contributed by atoms with Gasteiger partial charge in [0.15, 0.2) is 0 Å². The molecule has 3 aliphatic carbocycles. The van der Waals surface area contributed by atoms with Crippen molar-refractivity contribution in [1.82, 2.24) is 10.2 Å². The average molecular weight is 276 g/mol. The lowest BCUT2D eigenvalue weighted by molar-refractivity contribution is -0.128. The molecule has 3 saturated carbocycles. The van der Waals surface area contributed by atoms with Gasteiger partial charge in [0.25, 0.3) is 5.91 Å². The molecule has 0 aromatic carbocycles. The van der Waals surface area contributed by atoms with Crippen molar-refractivity contribution in [1.29, 1.82) is 0 Å². The van der Waals surface area contributed by atoms with Gasteiger partial charge in [0.1, 0.15) is 5.54 Å². The quantitative estimate of drug-likeness (QED) is 0.788. The van der Waals surface area contributed by atoms with Crippen LogP contribution in [0.4, 0.5) is 4.79 Å². The van der Waals surface area contributed by atoms with E-state index in [2.05, 4.69) is 5.32 Å². The molecule has 20 heavy (non-hydrogen) atoms. The third-order valence-corrected chi connectivity index (χ3v) is 6.39. The van der Waals surface area contributed by atoms with E-state index in [0.717, 1.165) is 44.1 Å². The minimum atomic E-state index is -0.489. The Morgan fingerprint density at radius 1 is 1.10 bits per heavy atom. The molecular weight excluding hydrogens is 252 g/mol. The number of fused-ring (bicyclic) bond motifs is 2. The predicted molar refractivity (Wildman–Crippen MR) is 75.0 cm³/mol. The van der Waals surface area contributed by atoms with E-state index in [4.69, 9.17) is 0 Å². The van der Waals surface area contributed by atoms with E-state index in [-0.39, 0.29) is 11.9 Å². The molecule has 4 nitrogen and oxygen atoms in total. The number of urea groups is 1. The van der Waals surface area contributed by atoms with E-state index in [0.29, 0.717) is 5.92 Å². The summed E-state index contributed by atoms with van der Waals surface area (Å²) < 4.78 is 0. The summed E-state index contributed by atoms with van der Waals surface area (Å²) in [6, 6.07) is -0.125. The minimum absolute atomic E-state index is 0.0228. The van der Waals surface area contributed by atoms with Crippen molar-refractivity contribution < 1.29 is 9.59 Å². The van der Waals surface area contributed by atoms with Gasteiger partial charge in [0.2, 0.25) is 0 Å². The highest BCUT2D eigenvalue weighted by atomic mass is 16.2. The summed E-state index contributed by atoms with van der Waals surface area (Å²) in [5, 5.41) is 2.59.